The molecule has 1 aliphatic rings. The summed E-state index contributed by atoms with van der Waals surface area (Å²) in [7, 11) is 0. The number of nitrogens with one attached hydrogen (secondary N) is 2. The number of hydrogen-bond acceptors (Lipinski definition) is 10. The Balaban J connectivity index is 2.49. The van der Waals surface area contributed by atoms with Crippen LogP contribution < -0.4 is 10.6 Å². The maximum Gasteiger partial charge on any atom is 0.471 e. The molecule has 36 heavy (non-hydrogen) atoms. The zero-order chi connectivity index (χ0) is 27.3. The van der Waals surface area contributed by atoms with Crippen molar-refractivity contribution in [3.05, 3.63) is 0 Å². The van der Waals surface area contributed by atoms with Crippen molar-refractivity contribution in [3.63, 3.8) is 0 Å². The Labute approximate surface area is 206 Å². The van der Waals surface area contributed by atoms with Crippen molar-refractivity contribution in [2.24, 2.45) is 5.92 Å². The predicted molar refractivity (Wildman–Crippen MR) is 114 cm³/mol. The third-order valence-electron chi connectivity index (χ3n) is 4.85. The molecule has 5 unspecified atom stereocenters. The second-order valence-corrected chi connectivity index (χ2v) is 7.85. The molecular weight excluding hydrogens is 497 g/mol. The van der Waals surface area contributed by atoms with Gasteiger partial charge in [0, 0.05) is 33.2 Å². The summed E-state index contributed by atoms with van der Waals surface area (Å²) < 4.78 is 68.5. The number of carbonyl (C=O) groups excluding carboxylic acids is 4. The molecule has 0 saturated carbocycles. The van der Waals surface area contributed by atoms with E-state index in [0.29, 0.717) is 0 Å². The van der Waals surface area contributed by atoms with Crippen molar-refractivity contribution in [3.8, 4) is 0 Å². The highest BCUT2D eigenvalue weighted by Gasteiger charge is 2.47. The SMILES string of the molecule is CC(=O)NC1C(OCCOCCOCCNC(=O)C(F)(F)F)OC(COC(C)=O)C(OC(C)=O)C1C. The van der Waals surface area contributed by atoms with Gasteiger partial charge >= 0.3 is 24.0 Å². The molecule has 2 N–H and O–H groups in total. The van der Waals surface area contributed by atoms with Crippen molar-refractivity contribution in [1.29, 1.82) is 0 Å². The lowest BCUT2D eigenvalue weighted by Crippen LogP contribution is -2.62. The summed E-state index contributed by atoms with van der Waals surface area (Å²) in [5.41, 5.74) is 0. The Hall–Kier alpha value is -2.49. The van der Waals surface area contributed by atoms with Gasteiger partial charge in [-0.05, 0) is 0 Å². The summed E-state index contributed by atoms with van der Waals surface area (Å²) in [4.78, 5) is 45.2. The average Bonchev–Trinajstić information content (AvgIpc) is 2.76. The standard InChI is InChI=1S/C21H33F3N2O10/c1-12-17(26-13(2)27)19(36-16(11-34-14(3)28)18(12)35-15(4)29)33-10-9-32-8-7-31-6-5-25-20(30)21(22,23)24/h12,16-19H,5-11H2,1-4H3,(H,25,30)(H,26,27). The molecule has 12 nitrogen and oxygen atoms in total. The third-order valence-corrected chi connectivity index (χ3v) is 4.85. The average molecular weight is 530 g/mol. The second kappa shape index (κ2) is 15.6. The van der Waals surface area contributed by atoms with Crippen LogP contribution in [0.25, 0.3) is 0 Å². The van der Waals surface area contributed by atoms with Gasteiger partial charge in [0.25, 0.3) is 0 Å². The minimum absolute atomic E-state index is 0.0353. The van der Waals surface area contributed by atoms with E-state index >= 15 is 0 Å². The largest absolute Gasteiger partial charge is 0.471 e. The van der Waals surface area contributed by atoms with Crippen LogP contribution in [-0.4, -0.2) is 101 Å². The van der Waals surface area contributed by atoms with Crippen molar-refractivity contribution >= 4 is 23.8 Å². The monoisotopic (exact) mass is 530 g/mol. The van der Waals surface area contributed by atoms with E-state index < -0.39 is 54.5 Å². The summed E-state index contributed by atoms with van der Waals surface area (Å²) >= 11 is 0. The molecule has 1 saturated heterocycles. The number of hydrogen-bond donors (Lipinski definition) is 2. The van der Waals surface area contributed by atoms with Crippen molar-refractivity contribution < 1.29 is 60.8 Å². The maximum absolute atomic E-state index is 12.0. The quantitative estimate of drug-likeness (QED) is 0.234. The fourth-order valence-electron chi connectivity index (χ4n) is 3.29. The molecule has 15 heteroatoms. The fraction of sp³-hybridized carbons (Fsp3) is 0.810. The van der Waals surface area contributed by atoms with E-state index in [-0.39, 0.29) is 52.1 Å². The van der Waals surface area contributed by atoms with E-state index in [1.165, 1.54) is 20.8 Å². The first-order valence-electron chi connectivity index (χ1n) is 11.2. The summed E-state index contributed by atoms with van der Waals surface area (Å²) in [5.74, 6) is -3.96. The molecule has 0 bridgehead atoms. The first-order valence-corrected chi connectivity index (χ1v) is 11.2. The molecule has 0 aromatic heterocycles. The first-order chi connectivity index (χ1) is 16.8. The van der Waals surface area contributed by atoms with Gasteiger partial charge in [0.2, 0.25) is 5.91 Å². The molecule has 1 aliphatic heterocycles. The number of halogens is 3. The fourth-order valence-corrected chi connectivity index (χ4v) is 3.29. The van der Waals surface area contributed by atoms with Gasteiger partial charge in [-0.25, -0.2) is 0 Å². The highest BCUT2D eigenvalue weighted by Crippen LogP contribution is 2.29. The van der Waals surface area contributed by atoms with E-state index in [1.807, 2.05) is 0 Å². The van der Waals surface area contributed by atoms with E-state index in [9.17, 15) is 32.3 Å². The molecule has 1 rings (SSSR count). The molecule has 0 spiro atoms. The van der Waals surface area contributed by atoms with Crippen molar-refractivity contribution in [2.45, 2.75) is 58.4 Å². The lowest BCUT2D eigenvalue weighted by molar-refractivity contribution is -0.264. The number of rotatable bonds is 14. The number of ether oxygens (including phenoxy) is 6. The lowest BCUT2D eigenvalue weighted by Gasteiger charge is -2.44. The molecule has 0 aromatic rings. The lowest BCUT2D eigenvalue weighted by atomic mass is 9.88. The Morgan fingerprint density at radius 1 is 0.917 bits per heavy atom. The number of amides is 2. The van der Waals surface area contributed by atoms with Crippen LogP contribution in [0, 0.1) is 5.92 Å². The summed E-state index contributed by atoms with van der Waals surface area (Å²) in [6.07, 6.45) is -7.56. The van der Waals surface area contributed by atoms with Crippen LogP contribution in [0.1, 0.15) is 27.7 Å². The van der Waals surface area contributed by atoms with Crippen LogP contribution in [0.5, 0.6) is 0 Å². The zero-order valence-corrected chi connectivity index (χ0v) is 20.6. The third kappa shape index (κ3) is 12.0. The molecular formula is C21H33F3N2O10. The van der Waals surface area contributed by atoms with E-state index in [4.69, 9.17) is 28.4 Å². The van der Waals surface area contributed by atoms with Crippen LogP contribution in [0.2, 0.25) is 0 Å². The molecule has 0 aliphatic carbocycles. The Bertz CT molecular complexity index is 735. The molecule has 1 fully saturated rings. The number of esters is 2. The maximum atomic E-state index is 12.0. The Kier molecular flexibility index (Phi) is 13.7. The summed E-state index contributed by atoms with van der Waals surface area (Å²) in [6, 6.07) is -0.685. The topological polar surface area (TPSA) is 148 Å². The first kappa shape index (κ1) is 31.5. The highest BCUT2D eigenvalue weighted by atomic mass is 19.4. The molecule has 208 valence electrons. The van der Waals surface area contributed by atoms with E-state index in [0.717, 1.165) is 0 Å². The van der Waals surface area contributed by atoms with Crippen molar-refractivity contribution in [1.82, 2.24) is 10.6 Å². The summed E-state index contributed by atoms with van der Waals surface area (Å²) in [6.45, 7) is 5.19. The van der Waals surface area contributed by atoms with Crippen LogP contribution in [0.15, 0.2) is 0 Å². The Morgan fingerprint density at radius 2 is 1.53 bits per heavy atom. The Morgan fingerprint density at radius 3 is 2.08 bits per heavy atom. The normalized spacial score (nSPS) is 24.0. The van der Waals surface area contributed by atoms with E-state index in [1.54, 1.807) is 12.2 Å². The van der Waals surface area contributed by atoms with E-state index in [2.05, 4.69) is 5.32 Å². The van der Waals surface area contributed by atoms with Crippen molar-refractivity contribution in [2.75, 3.05) is 46.2 Å². The molecule has 0 radical (unpaired) electrons. The van der Waals surface area contributed by atoms with Gasteiger partial charge in [0.15, 0.2) is 6.29 Å². The molecule has 0 aromatic carbocycles. The zero-order valence-electron chi connectivity index (χ0n) is 20.6. The molecule has 5 atom stereocenters. The smallest absolute Gasteiger partial charge is 0.463 e. The summed E-state index contributed by atoms with van der Waals surface area (Å²) in [5, 5.41) is 4.39. The van der Waals surface area contributed by atoms with Gasteiger partial charge in [-0.2, -0.15) is 13.2 Å². The molecule has 2 amide bonds. The molecule has 1 heterocycles. The number of alkyl halides is 3. The predicted octanol–water partition coefficient (Wildman–Crippen LogP) is 0.0752. The number of carbonyl (C=O) groups is 4. The minimum atomic E-state index is -4.94. The van der Waals surface area contributed by atoms with Gasteiger partial charge < -0.3 is 39.1 Å². The van der Waals surface area contributed by atoms with Crippen LogP contribution in [-0.2, 0) is 47.6 Å². The van der Waals surface area contributed by atoms with Crippen LogP contribution in [0.4, 0.5) is 13.2 Å². The minimum Gasteiger partial charge on any atom is -0.463 e. The second-order valence-electron chi connectivity index (χ2n) is 7.85. The van der Waals surface area contributed by atoms with Gasteiger partial charge in [-0.1, -0.05) is 6.92 Å². The van der Waals surface area contributed by atoms with Gasteiger partial charge in [0.05, 0.1) is 39.1 Å². The van der Waals surface area contributed by atoms with Gasteiger partial charge in [-0.15, -0.1) is 0 Å². The van der Waals surface area contributed by atoms with Gasteiger partial charge in [0.1, 0.15) is 18.8 Å². The van der Waals surface area contributed by atoms with Gasteiger partial charge in [-0.3, -0.25) is 19.2 Å². The van der Waals surface area contributed by atoms with Crippen LogP contribution in [0.3, 0.4) is 0 Å². The highest BCUT2D eigenvalue weighted by molar-refractivity contribution is 5.81. The van der Waals surface area contributed by atoms with Crippen LogP contribution >= 0.6 is 0 Å².